The molecule has 0 spiro atoms. The maximum Gasteiger partial charge on any atom is 0.513 e. The maximum atomic E-state index is 12.8. The summed E-state index contributed by atoms with van der Waals surface area (Å²) in [5, 5.41) is 5.73. The minimum atomic E-state index is -0.808. The Labute approximate surface area is 198 Å². The number of benzene rings is 2. The Bertz CT molecular complexity index is 1050. The normalized spacial score (nSPS) is 15.2. The van der Waals surface area contributed by atoms with Gasteiger partial charge in [-0.3, -0.25) is 14.4 Å². The monoisotopic (exact) mass is 467 g/mol. The van der Waals surface area contributed by atoms with Crippen LogP contribution in [0.2, 0.25) is 0 Å². The van der Waals surface area contributed by atoms with Crippen LogP contribution in [0, 0.1) is 5.92 Å². The van der Waals surface area contributed by atoms with Crippen LogP contribution in [0.25, 0.3) is 0 Å². The molecule has 34 heavy (non-hydrogen) atoms. The van der Waals surface area contributed by atoms with Crippen LogP contribution in [-0.4, -0.2) is 48.0 Å². The Morgan fingerprint density at radius 3 is 2.44 bits per heavy atom. The summed E-state index contributed by atoms with van der Waals surface area (Å²) >= 11 is 0. The number of nitrogens with zero attached hydrogens (tertiary/aromatic N) is 1. The first-order chi connectivity index (χ1) is 16.3. The first-order valence-electron chi connectivity index (χ1n) is 11.2. The summed E-state index contributed by atoms with van der Waals surface area (Å²) in [5.74, 6) is -0.697. The third kappa shape index (κ3) is 6.34. The molecule has 1 fully saturated rings. The van der Waals surface area contributed by atoms with E-state index in [9.17, 15) is 19.2 Å². The average Bonchev–Trinajstić information content (AvgIpc) is 3.21. The molecular formula is C25H29N3O6. The third-order valence-corrected chi connectivity index (χ3v) is 5.45. The maximum absolute atomic E-state index is 12.8. The first kappa shape index (κ1) is 24.8. The minimum Gasteiger partial charge on any atom is -0.434 e. The van der Waals surface area contributed by atoms with Gasteiger partial charge in [0.1, 0.15) is 5.75 Å². The number of hydrogen-bond acceptors (Lipinski definition) is 6. The van der Waals surface area contributed by atoms with Crippen molar-refractivity contribution >= 4 is 29.6 Å². The van der Waals surface area contributed by atoms with Crippen LogP contribution in [0.1, 0.15) is 43.1 Å². The van der Waals surface area contributed by atoms with Crippen molar-refractivity contribution in [3.05, 3.63) is 59.7 Å². The number of anilines is 1. The van der Waals surface area contributed by atoms with Crippen LogP contribution in [0.5, 0.6) is 5.75 Å². The van der Waals surface area contributed by atoms with E-state index in [4.69, 9.17) is 9.47 Å². The average molecular weight is 468 g/mol. The van der Waals surface area contributed by atoms with Gasteiger partial charge in [0.15, 0.2) is 0 Å². The summed E-state index contributed by atoms with van der Waals surface area (Å²) in [7, 11) is 0. The topological polar surface area (TPSA) is 114 Å². The van der Waals surface area contributed by atoms with E-state index < -0.39 is 12.1 Å². The number of amides is 3. The molecule has 3 rings (SSSR count). The van der Waals surface area contributed by atoms with E-state index in [1.807, 2.05) is 26.0 Å². The van der Waals surface area contributed by atoms with Crippen molar-refractivity contribution in [3.63, 3.8) is 0 Å². The number of rotatable bonds is 8. The van der Waals surface area contributed by atoms with E-state index in [1.54, 1.807) is 24.0 Å². The quantitative estimate of drug-likeness (QED) is 0.455. The Kier molecular flexibility index (Phi) is 8.24. The molecule has 0 aromatic heterocycles. The summed E-state index contributed by atoms with van der Waals surface area (Å²) in [6.45, 7) is 6.33. The molecule has 3 amide bonds. The van der Waals surface area contributed by atoms with Gasteiger partial charge >= 0.3 is 6.16 Å². The van der Waals surface area contributed by atoms with Crippen molar-refractivity contribution in [3.8, 4) is 5.75 Å². The van der Waals surface area contributed by atoms with Crippen LogP contribution >= 0.6 is 0 Å². The summed E-state index contributed by atoms with van der Waals surface area (Å²) in [5.41, 5.74) is 1.70. The number of carbonyl (C=O) groups excluding carboxylic acids is 4. The van der Waals surface area contributed by atoms with Crippen LogP contribution in [-0.2, 0) is 20.9 Å². The predicted molar refractivity (Wildman–Crippen MR) is 125 cm³/mol. The van der Waals surface area contributed by atoms with E-state index in [0.717, 1.165) is 5.56 Å². The molecule has 1 heterocycles. The fourth-order valence-electron chi connectivity index (χ4n) is 3.63. The molecule has 9 nitrogen and oxygen atoms in total. The number of carbonyl (C=O) groups is 4. The molecule has 2 aromatic carbocycles. The molecule has 1 aliphatic heterocycles. The van der Waals surface area contributed by atoms with E-state index in [1.165, 1.54) is 24.3 Å². The van der Waals surface area contributed by atoms with Gasteiger partial charge in [0.25, 0.3) is 5.91 Å². The number of ether oxygens (including phenoxy) is 2. The first-order valence-corrected chi connectivity index (χ1v) is 11.2. The molecule has 0 saturated carbocycles. The predicted octanol–water partition coefficient (Wildman–Crippen LogP) is 3.35. The minimum absolute atomic E-state index is 0.0191. The van der Waals surface area contributed by atoms with Crippen molar-refractivity contribution in [2.24, 2.45) is 5.92 Å². The number of para-hydroxylation sites is 1. The Balaban J connectivity index is 1.58. The lowest BCUT2D eigenvalue weighted by Gasteiger charge is -2.21. The van der Waals surface area contributed by atoms with Gasteiger partial charge in [0.05, 0.1) is 12.5 Å². The molecule has 1 unspecified atom stereocenters. The van der Waals surface area contributed by atoms with E-state index in [0.29, 0.717) is 17.8 Å². The van der Waals surface area contributed by atoms with Gasteiger partial charge < -0.3 is 25.0 Å². The third-order valence-electron chi connectivity index (χ3n) is 5.45. The molecular weight excluding hydrogens is 438 g/mol. The fourth-order valence-corrected chi connectivity index (χ4v) is 3.63. The molecule has 0 bridgehead atoms. The second-order valence-corrected chi connectivity index (χ2v) is 8.18. The van der Waals surface area contributed by atoms with E-state index in [2.05, 4.69) is 10.6 Å². The summed E-state index contributed by atoms with van der Waals surface area (Å²) in [6.07, 6.45) is -0.615. The molecule has 1 saturated heterocycles. The lowest BCUT2D eigenvalue weighted by Crippen LogP contribution is -2.33. The van der Waals surface area contributed by atoms with E-state index >= 15 is 0 Å². The highest BCUT2D eigenvalue weighted by Crippen LogP contribution is 2.23. The highest BCUT2D eigenvalue weighted by Gasteiger charge is 2.35. The molecule has 180 valence electrons. The highest BCUT2D eigenvalue weighted by atomic mass is 16.7. The molecule has 1 aliphatic rings. The molecule has 2 aromatic rings. The molecule has 9 heteroatoms. The van der Waals surface area contributed by atoms with Gasteiger partial charge in [-0.05, 0) is 56.7 Å². The van der Waals surface area contributed by atoms with Gasteiger partial charge in [-0.25, -0.2) is 4.79 Å². The summed E-state index contributed by atoms with van der Waals surface area (Å²) in [4.78, 5) is 50.5. The Hall–Kier alpha value is -3.88. The largest absolute Gasteiger partial charge is 0.513 e. The van der Waals surface area contributed by atoms with Crippen molar-refractivity contribution in [1.29, 1.82) is 0 Å². The smallest absolute Gasteiger partial charge is 0.434 e. The summed E-state index contributed by atoms with van der Waals surface area (Å²) in [6, 6.07) is 13.3. The van der Waals surface area contributed by atoms with Gasteiger partial charge in [-0.15, -0.1) is 0 Å². The van der Waals surface area contributed by atoms with Crippen molar-refractivity contribution in [1.82, 2.24) is 10.2 Å². The van der Waals surface area contributed by atoms with E-state index in [-0.39, 0.29) is 49.1 Å². The zero-order valence-electron chi connectivity index (χ0n) is 19.5. The van der Waals surface area contributed by atoms with Gasteiger partial charge in [-0.2, -0.15) is 0 Å². The number of likely N-dealkylation sites (tertiary alicyclic amines) is 1. The van der Waals surface area contributed by atoms with Crippen LogP contribution in [0.3, 0.4) is 0 Å². The molecule has 1 atom stereocenters. The van der Waals surface area contributed by atoms with Crippen molar-refractivity contribution in [2.45, 2.75) is 39.8 Å². The lowest BCUT2D eigenvalue weighted by atomic mass is 10.1. The zero-order valence-corrected chi connectivity index (χ0v) is 19.5. The second kappa shape index (κ2) is 11.3. The fraction of sp³-hybridized carbons (Fsp3) is 0.360. The Morgan fingerprint density at radius 2 is 1.79 bits per heavy atom. The SMILES string of the molecule is CCOC(=O)Oc1ccc(C(=O)NCc2ccccc2NC(=O)C2CC(=O)N(C(C)C)C2)cc1. The molecule has 0 aliphatic carbocycles. The van der Waals surface area contributed by atoms with Crippen LogP contribution < -0.4 is 15.4 Å². The van der Waals surface area contributed by atoms with Gasteiger partial charge in [0, 0.05) is 36.8 Å². The highest BCUT2D eigenvalue weighted by molar-refractivity contribution is 5.98. The van der Waals surface area contributed by atoms with Crippen LogP contribution in [0.15, 0.2) is 48.5 Å². The Morgan fingerprint density at radius 1 is 1.09 bits per heavy atom. The standard InChI is InChI=1S/C25H29N3O6/c1-4-33-25(32)34-20-11-9-17(10-12-20)23(30)26-14-18-7-5-6-8-21(18)27-24(31)19-13-22(29)28(15-19)16(2)3/h5-12,16,19H,4,13-15H2,1-3H3,(H,26,30)(H,27,31). The second-order valence-electron chi connectivity index (χ2n) is 8.18. The van der Waals surface area contributed by atoms with Gasteiger partial charge in [-0.1, -0.05) is 18.2 Å². The molecule has 2 N–H and O–H groups in total. The number of hydrogen-bond donors (Lipinski definition) is 2. The van der Waals surface area contributed by atoms with Gasteiger partial charge in [0.2, 0.25) is 11.8 Å². The lowest BCUT2D eigenvalue weighted by molar-refractivity contribution is -0.129. The summed E-state index contributed by atoms with van der Waals surface area (Å²) < 4.78 is 9.70. The van der Waals surface area contributed by atoms with Crippen molar-refractivity contribution in [2.75, 3.05) is 18.5 Å². The zero-order chi connectivity index (χ0) is 24.7. The number of nitrogens with one attached hydrogen (secondary N) is 2. The molecule has 0 radical (unpaired) electrons. The van der Waals surface area contributed by atoms with Crippen LogP contribution in [0.4, 0.5) is 10.5 Å². The van der Waals surface area contributed by atoms with Crippen molar-refractivity contribution < 1.29 is 28.7 Å².